The van der Waals surface area contributed by atoms with Crippen LogP contribution in [0.2, 0.25) is 5.02 Å². The third-order valence-corrected chi connectivity index (χ3v) is 5.94. The number of benzene rings is 2. The van der Waals surface area contributed by atoms with Crippen LogP contribution in [0.1, 0.15) is 29.2 Å². The molecular formula is C25H28ClNO7. The molecule has 8 nitrogen and oxygen atoms in total. The van der Waals surface area contributed by atoms with Crippen molar-refractivity contribution < 1.29 is 33.6 Å². The van der Waals surface area contributed by atoms with Crippen molar-refractivity contribution in [3.63, 3.8) is 0 Å². The molecule has 1 amide bonds. The van der Waals surface area contributed by atoms with Crippen molar-refractivity contribution in [2.24, 2.45) is 0 Å². The number of halogens is 1. The van der Waals surface area contributed by atoms with E-state index >= 15 is 0 Å². The minimum absolute atomic E-state index is 0.0606. The van der Waals surface area contributed by atoms with E-state index in [0.29, 0.717) is 30.1 Å². The summed E-state index contributed by atoms with van der Waals surface area (Å²) >= 11 is 6.32. The maximum absolute atomic E-state index is 13.2. The summed E-state index contributed by atoms with van der Waals surface area (Å²) in [6.07, 6.45) is 0.507. The number of hydrogen-bond donors (Lipinski definition) is 1. The number of Topliss-reactive ketones (excluding diaryl/α,β-unsaturated/α-hetero) is 1. The Morgan fingerprint density at radius 2 is 1.74 bits per heavy atom. The van der Waals surface area contributed by atoms with Crippen molar-refractivity contribution in [2.75, 3.05) is 41.6 Å². The Morgan fingerprint density at radius 1 is 1.03 bits per heavy atom. The Kier molecular flexibility index (Phi) is 8.06. The van der Waals surface area contributed by atoms with E-state index in [1.807, 2.05) is 0 Å². The van der Waals surface area contributed by atoms with E-state index in [1.165, 1.54) is 26.2 Å². The van der Waals surface area contributed by atoms with Gasteiger partial charge in [0.15, 0.2) is 11.5 Å². The first-order valence-corrected chi connectivity index (χ1v) is 11.0. The molecular weight excluding hydrogens is 462 g/mol. The zero-order valence-corrected chi connectivity index (χ0v) is 20.6. The summed E-state index contributed by atoms with van der Waals surface area (Å²) in [5.74, 6) is -0.742. The van der Waals surface area contributed by atoms with Gasteiger partial charge in [0, 0.05) is 20.3 Å². The smallest absolute Gasteiger partial charge is 0.295 e. The zero-order chi connectivity index (χ0) is 25.0. The Balaban J connectivity index is 2.26. The maximum atomic E-state index is 13.2. The van der Waals surface area contributed by atoms with E-state index in [9.17, 15) is 14.7 Å². The molecule has 0 aromatic heterocycles. The fraction of sp³-hybridized carbons (Fsp3) is 0.360. The lowest BCUT2D eigenvalue weighted by molar-refractivity contribution is -0.140. The second kappa shape index (κ2) is 10.8. The van der Waals surface area contributed by atoms with Crippen LogP contribution in [0.5, 0.6) is 17.2 Å². The lowest BCUT2D eigenvalue weighted by atomic mass is 9.94. The lowest BCUT2D eigenvalue weighted by Gasteiger charge is -2.26. The fourth-order valence-corrected chi connectivity index (χ4v) is 4.47. The SMILES string of the molecule is COCCCN1C(=O)C(=O)/C(=C(/O)c2cc(C)cc(Cl)c2OC)C1c1ccc(OC)c(OC)c1. The average molecular weight is 490 g/mol. The number of methoxy groups -OCH3 is 4. The van der Waals surface area contributed by atoms with E-state index < -0.39 is 17.7 Å². The number of carbonyl (C=O) groups excluding carboxylic acids is 2. The van der Waals surface area contributed by atoms with Crippen LogP contribution in [0.15, 0.2) is 35.9 Å². The Hall–Kier alpha value is -3.23. The number of ketones is 1. The molecule has 34 heavy (non-hydrogen) atoms. The van der Waals surface area contributed by atoms with Gasteiger partial charge >= 0.3 is 0 Å². The summed E-state index contributed by atoms with van der Waals surface area (Å²) in [5, 5.41) is 11.7. The van der Waals surface area contributed by atoms with Gasteiger partial charge in [0.2, 0.25) is 0 Å². The number of ether oxygens (including phenoxy) is 4. The Morgan fingerprint density at radius 3 is 2.35 bits per heavy atom. The van der Waals surface area contributed by atoms with Crippen LogP contribution in [0.3, 0.4) is 0 Å². The molecule has 0 aliphatic carbocycles. The van der Waals surface area contributed by atoms with Gasteiger partial charge in [-0.1, -0.05) is 17.7 Å². The van der Waals surface area contributed by atoms with Crippen LogP contribution in [-0.2, 0) is 14.3 Å². The van der Waals surface area contributed by atoms with Crippen molar-refractivity contribution in [1.82, 2.24) is 4.90 Å². The maximum Gasteiger partial charge on any atom is 0.295 e. The van der Waals surface area contributed by atoms with Gasteiger partial charge in [-0.15, -0.1) is 0 Å². The predicted octanol–water partition coefficient (Wildman–Crippen LogP) is 4.13. The highest BCUT2D eigenvalue weighted by Crippen LogP contribution is 2.44. The number of hydrogen-bond acceptors (Lipinski definition) is 7. The minimum Gasteiger partial charge on any atom is -0.507 e. The third-order valence-electron chi connectivity index (χ3n) is 5.66. The highest BCUT2D eigenvalue weighted by Gasteiger charge is 2.46. The quantitative estimate of drug-likeness (QED) is 0.245. The zero-order valence-electron chi connectivity index (χ0n) is 19.8. The number of rotatable bonds is 9. The highest BCUT2D eigenvalue weighted by molar-refractivity contribution is 6.46. The average Bonchev–Trinajstić information content (AvgIpc) is 3.07. The van der Waals surface area contributed by atoms with Crippen molar-refractivity contribution in [2.45, 2.75) is 19.4 Å². The van der Waals surface area contributed by atoms with Gasteiger partial charge in [0.25, 0.3) is 11.7 Å². The summed E-state index contributed by atoms with van der Waals surface area (Å²) in [7, 11) is 6.00. The first kappa shape index (κ1) is 25.4. The van der Waals surface area contributed by atoms with Gasteiger partial charge in [-0.3, -0.25) is 9.59 Å². The largest absolute Gasteiger partial charge is 0.507 e. The molecule has 0 spiro atoms. The number of carbonyl (C=O) groups is 2. The molecule has 0 bridgehead atoms. The van der Waals surface area contributed by atoms with E-state index in [0.717, 1.165) is 5.56 Å². The standard InChI is InChI=1S/C25H28ClNO7/c1-14-11-16(24(34-5)17(26)12-14)22(28)20-21(15-7-8-18(32-3)19(13-15)33-4)27(9-6-10-31-2)25(30)23(20)29/h7-8,11-13,21,28H,6,9-10H2,1-5H3/b22-20+. The van der Waals surface area contributed by atoms with Gasteiger partial charge in [-0.2, -0.15) is 0 Å². The second-order valence-corrected chi connectivity index (χ2v) is 8.19. The molecule has 182 valence electrons. The van der Waals surface area contributed by atoms with Crippen molar-refractivity contribution >= 4 is 29.1 Å². The minimum atomic E-state index is -0.861. The molecule has 2 aromatic carbocycles. The van der Waals surface area contributed by atoms with Gasteiger partial charge in [-0.05, 0) is 48.7 Å². The normalized spacial score (nSPS) is 17.2. The van der Waals surface area contributed by atoms with Gasteiger partial charge < -0.3 is 29.0 Å². The van der Waals surface area contributed by atoms with Crippen LogP contribution in [0.25, 0.3) is 5.76 Å². The monoisotopic (exact) mass is 489 g/mol. The summed E-state index contributed by atoms with van der Waals surface area (Å²) in [4.78, 5) is 27.7. The topological polar surface area (TPSA) is 94.5 Å². The van der Waals surface area contributed by atoms with Gasteiger partial charge in [-0.25, -0.2) is 0 Å². The number of nitrogens with zero attached hydrogens (tertiary/aromatic N) is 1. The Bertz CT molecular complexity index is 1130. The number of likely N-dealkylation sites (tertiary alicyclic amines) is 1. The summed E-state index contributed by atoms with van der Waals surface area (Å²) in [6.45, 7) is 2.46. The summed E-state index contributed by atoms with van der Waals surface area (Å²) in [6, 6.07) is 7.59. The number of amides is 1. The van der Waals surface area contributed by atoms with Crippen molar-refractivity contribution in [1.29, 1.82) is 0 Å². The third kappa shape index (κ3) is 4.69. The molecule has 1 aliphatic rings. The van der Waals surface area contributed by atoms with Crippen LogP contribution >= 0.6 is 11.6 Å². The Labute approximate surface area is 203 Å². The highest BCUT2D eigenvalue weighted by atomic mass is 35.5. The molecule has 1 unspecified atom stereocenters. The first-order chi connectivity index (χ1) is 16.3. The predicted molar refractivity (Wildman–Crippen MR) is 128 cm³/mol. The van der Waals surface area contributed by atoms with Crippen LogP contribution in [0, 0.1) is 6.92 Å². The van der Waals surface area contributed by atoms with Crippen LogP contribution in [0.4, 0.5) is 0 Å². The van der Waals surface area contributed by atoms with Gasteiger partial charge in [0.1, 0.15) is 11.5 Å². The molecule has 2 aromatic rings. The van der Waals surface area contributed by atoms with Crippen molar-refractivity contribution in [3.05, 3.63) is 57.6 Å². The molecule has 1 atom stereocenters. The van der Waals surface area contributed by atoms with Crippen molar-refractivity contribution in [3.8, 4) is 17.2 Å². The van der Waals surface area contributed by atoms with E-state index in [4.69, 9.17) is 30.5 Å². The first-order valence-electron chi connectivity index (χ1n) is 10.6. The van der Waals surface area contributed by atoms with Gasteiger partial charge in [0.05, 0.1) is 43.5 Å². The molecule has 1 N–H and O–H groups in total. The molecule has 1 heterocycles. The molecule has 9 heteroatoms. The fourth-order valence-electron chi connectivity index (χ4n) is 4.12. The number of aliphatic hydroxyl groups excluding tert-OH is 1. The van der Waals surface area contributed by atoms with E-state index in [1.54, 1.807) is 44.4 Å². The molecule has 1 saturated heterocycles. The molecule has 1 fully saturated rings. The van der Waals surface area contributed by atoms with E-state index in [2.05, 4.69) is 0 Å². The lowest BCUT2D eigenvalue weighted by Crippen LogP contribution is -2.31. The summed E-state index contributed by atoms with van der Waals surface area (Å²) < 4.78 is 21.3. The molecule has 0 radical (unpaired) electrons. The number of aliphatic hydroxyl groups is 1. The second-order valence-electron chi connectivity index (χ2n) is 7.78. The number of aryl methyl sites for hydroxylation is 1. The van der Waals surface area contributed by atoms with Crippen LogP contribution < -0.4 is 14.2 Å². The van der Waals surface area contributed by atoms with E-state index in [-0.39, 0.29) is 34.2 Å². The molecule has 0 saturated carbocycles. The molecule has 1 aliphatic heterocycles. The summed E-state index contributed by atoms with van der Waals surface area (Å²) in [5.41, 5.74) is 1.50. The molecule has 3 rings (SSSR count). The van der Waals surface area contributed by atoms with Crippen LogP contribution in [-0.4, -0.2) is 63.3 Å².